The minimum absolute atomic E-state index is 0.0918. The molecule has 5 rings (SSSR count). The summed E-state index contributed by atoms with van der Waals surface area (Å²) in [6, 6.07) is 6.56. The van der Waals surface area contributed by atoms with Crippen molar-refractivity contribution in [2.45, 2.75) is 6.42 Å². The lowest BCUT2D eigenvalue weighted by Crippen LogP contribution is -2.50. The van der Waals surface area contributed by atoms with E-state index in [9.17, 15) is 14.0 Å². The van der Waals surface area contributed by atoms with Crippen molar-refractivity contribution < 1.29 is 14.0 Å². The number of aromatic amines is 1. The summed E-state index contributed by atoms with van der Waals surface area (Å²) >= 11 is 0. The molecule has 2 saturated heterocycles. The van der Waals surface area contributed by atoms with E-state index in [1.807, 2.05) is 11.0 Å². The molecule has 31 heavy (non-hydrogen) atoms. The number of H-pyrrole nitrogens is 1. The largest absolute Gasteiger partial charge is 0.367 e. The Bertz CT molecular complexity index is 1110. The summed E-state index contributed by atoms with van der Waals surface area (Å²) in [6.07, 6.45) is 3.71. The first-order chi connectivity index (χ1) is 15.1. The smallest absolute Gasteiger partial charge is 0.291 e. The van der Waals surface area contributed by atoms with Crippen molar-refractivity contribution in [3.63, 3.8) is 0 Å². The number of hydrogen-bond donors (Lipinski definition) is 1. The normalized spacial score (nSPS) is 19.3. The standard InChI is InChI=1S/C21H22FN7O2/c22-15-1-2-16-17(11-15)23-5-3-18(16)27-7-9-28(10-8-27)20(30)14-4-6-29(12-14)21(31)19-24-13-25-26-19/h1-3,5,11,13-14H,4,6-10,12H2,(H,24,25,26)/t14-/m0/s1. The Morgan fingerprint density at radius 1 is 1.06 bits per heavy atom. The molecule has 0 aliphatic carbocycles. The van der Waals surface area contributed by atoms with Crippen LogP contribution in [-0.4, -0.2) is 81.0 Å². The van der Waals surface area contributed by atoms with Crippen LogP contribution in [0.1, 0.15) is 17.0 Å². The highest BCUT2D eigenvalue weighted by molar-refractivity contribution is 5.92. The zero-order chi connectivity index (χ0) is 21.4. The van der Waals surface area contributed by atoms with Crippen molar-refractivity contribution in [2.24, 2.45) is 5.92 Å². The second kappa shape index (κ2) is 7.93. The average molecular weight is 423 g/mol. The Hall–Kier alpha value is -3.56. The number of nitrogens with one attached hydrogen (secondary N) is 1. The quantitative estimate of drug-likeness (QED) is 0.682. The van der Waals surface area contributed by atoms with Crippen LogP contribution < -0.4 is 4.90 Å². The van der Waals surface area contributed by atoms with Gasteiger partial charge in [0.2, 0.25) is 11.7 Å². The van der Waals surface area contributed by atoms with Crippen LogP contribution in [0.5, 0.6) is 0 Å². The molecule has 160 valence electrons. The number of aromatic nitrogens is 4. The highest BCUT2D eigenvalue weighted by atomic mass is 19.1. The summed E-state index contributed by atoms with van der Waals surface area (Å²) in [7, 11) is 0. The Morgan fingerprint density at radius 3 is 2.68 bits per heavy atom. The minimum Gasteiger partial charge on any atom is -0.367 e. The van der Waals surface area contributed by atoms with Gasteiger partial charge >= 0.3 is 0 Å². The molecule has 9 nitrogen and oxygen atoms in total. The Morgan fingerprint density at radius 2 is 1.90 bits per heavy atom. The van der Waals surface area contributed by atoms with Gasteiger partial charge in [-0.05, 0) is 24.6 Å². The lowest BCUT2D eigenvalue weighted by molar-refractivity contribution is -0.135. The number of halogens is 1. The first-order valence-corrected chi connectivity index (χ1v) is 10.3. The molecule has 3 aromatic rings. The second-order valence-corrected chi connectivity index (χ2v) is 7.88. The predicted molar refractivity (Wildman–Crippen MR) is 111 cm³/mol. The third-order valence-electron chi connectivity index (χ3n) is 6.06. The predicted octanol–water partition coefficient (Wildman–Crippen LogP) is 1.30. The molecular weight excluding hydrogens is 401 g/mol. The highest BCUT2D eigenvalue weighted by Gasteiger charge is 2.35. The van der Waals surface area contributed by atoms with Gasteiger partial charge in [0.25, 0.3) is 5.91 Å². The Labute approximate surface area is 177 Å². The van der Waals surface area contributed by atoms with Crippen molar-refractivity contribution in [3.05, 3.63) is 48.4 Å². The van der Waals surface area contributed by atoms with Crippen LogP contribution in [-0.2, 0) is 4.79 Å². The Balaban J connectivity index is 1.21. The number of hydrogen-bond acceptors (Lipinski definition) is 6. The van der Waals surface area contributed by atoms with Crippen molar-refractivity contribution in [3.8, 4) is 0 Å². The lowest BCUT2D eigenvalue weighted by atomic mass is 10.1. The van der Waals surface area contributed by atoms with Gasteiger partial charge in [0, 0.05) is 62.6 Å². The van der Waals surface area contributed by atoms with Gasteiger partial charge in [-0.3, -0.25) is 14.6 Å². The zero-order valence-corrected chi connectivity index (χ0v) is 16.9. The monoisotopic (exact) mass is 423 g/mol. The molecule has 2 aliphatic rings. The van der Waals surface area contributed by atoms with E-state index in [-0.39, 0.29) is 29.4 Å². The molecule has 0 bridgehead atoms. The summed E-state index contributed by atoms with van der Waals surface area (Å²) in [5, 5.41) is 8.31. The number of rotatable bonds is 3. The number of likely N-dealkylation sites (tertiary alicyclic amines) is 1. The number of amides is 2. The number of carbonyl (C=O) groups excluding carboxylic acids is 2. The fourth-order valence-electron chi connectivity index (χ4n) is 4.41. The topological polar surface area (TPSA) is 98.3 Å². The lowest BCUT2D eigenvalue weighted by Gasteiger charge is -2.37. The van der Waals surface area contributed by atoms with E-state index in [4.69, 9.17) is 0 Å². The van der Waals surface area contributed by atoms with E-state index < -0.39 is 0 Å². The molecule has 10 heteroatoms. The molecule has 2 fully saturated rings. The second-order valence-electron chi connectivity index (χ2n) is 7.88. The summed E-state index contributed by atoms with van der Waals surface area (Å²) in [4.78, 5) is 38.2. The zero-order valence-electron chi connectivity index (χ0n) is 16.9. The summed E-state index contributed by atoms with van der Waals surface area (Å²) < 4.78 is 13.5. The molecule has 1 aromatic carbocycles. The molecule has 2 amide bonds. The van der Waals surface area contributed by atoms with Gasteiger partial charge < -0.3 is 19.7 Å². The first-order valence-electron chi connectivity index (χ1n) is 10.3. The molecule has 4 heterocycles. The fraction of sp³-hybridized carbons (Fsp3) is 0.381. The molecule has 2 aromatic heterocycles. The van der Waals surface area contributed by atoms with Gasteiger partial charge in [-0.2, -0.15) is 0 Å². The van der Waals surface area contributed by atoms with Crippen molar-refractivity contribution >= 4 is 28.4 Å². The van der Waals surface area contributed by atoms with Crippen LogP contribution in [0, 0.1) is 11.7 Å². The maximum atomic E-state index is 13.5. The van der Waals surface area contributed by atoms with Gasteiger partial charge in [-0.1, -0.05) is 0 Å². The summed E-state index contributed by atoms with van der Waals surface area (Å²) in [6.45, 7) is 3.53. The molecule has 1 atom stereocenters. The number of carbonyl (C=O) groups is 2. The third-order valence-corrected chi connectivity index (χ3v) is 6.06. The van der Waals surface area contributed by atoms with E-state index in [1.54, 1.807) is 17.2 Å². The SMILES string of the molecule is O=C(c1nnc[nH]1)N1CC[C@H](C(=O)N2CCN(c3ccnc4cc(F)ccc34)CC2)C1. The van der Waals surface area contributed by atoms with Gasteiger partial charge in [0.05, 0.1) is 11.4 Å². The fourth-order valence-corrected chi connectivity index (χ4v) is 4.41. The number of nitrogens with zero attached hydrogens (tertiary/aromatic N) is 6. The van der Waals surface area contributed by atoms with E-state index in [0.717, 1.165) is 11.1 Å². The molecule has 0 saturated carbocycles. The third kappa shape index (κ3) is 3.69. The van der Waals surface area contributed by atoms with Crippen molar-refractivity contribution in [1.82, 2.24) is 30.0 Å². The van der Waals surface area contributed by atoms with Gasteiger partial charge in [-0.25, -0.2) is 4.39 Å². The van der Waals surface area contributed by atoms with Crippen LogP contribution in [0.3, 0.4) is 0 Å². The van der Waals surface area contributed by atoms with Crippen molar-refractivity contribution in [1.29, 1.82) is 0 Å². The van der Waals surface area contributed by atoms with Gasteiger partial charge in [-0.15, -0.1) is 10.2 Å². The number of piperazine rings is 1. The van der Waals surface area contributed by atoms with E-state index in [1.165, 1.54) is 18.5 Å². The number of benzene rings is 1. The molecule has 1 N–H and O–H groups in total. The molecule has 0 unspecified atom stereocenters. The maximum absolute atomic E-state index is 13.5. The molecule has 0 spiro atoms. The molecular formula is C21H22FN7O2. The molecule has 2 aliphatic heterocycles. The number of fused-ring (bicyclic) bond motifs is 1. The maximum Gasteiger partial charge on any atom is 0.291 e. The first kappa shape index (κ1) is 19.4. The van der Waals surface area contributed by atoms with Gasteiger partial charge in [0.1, 0.15) is 12.1 Å². The van der Waals surface area contributed by atoms with Gasteiger partial charge in [0.15, 0.2) is 0 Å². The van der Waals surface area contributed by atoms with E-state index in [0.29, 0.717) is 51.2 Å². The number of pyridine rings is 1. The summed E-state index contributed by atoms with van der Waals surface area (Å²) in [5.41, 5.74) is 1.63. The average Bonchev–Trinajstić information content (AvgIpc) is 3.50. The van der Waals surface area contributed by atoms with Crippen LogP contribution in [0.4, 0.5) is 10.1 Å². The van der Waals surface area contributed by atoms with Crippen molar-refractivity contribution in [2.75, 3.05) is 44.2 Å². The van der Waals surface area contributed by atoms with Crippen LogP contribution in [0.15, 0.2) is 36.8 Å². The molecule has 0 radical (unpaired) electrons. The number of anilines is 1. The van der Waals surface area contributed by atoms with Crippen LogP contribution in [0.2, 0.25) is 0 Å². The van der Waals surface area contributed by atoms with E-state index in [2.05, 4.69) is 25.1 Å². The summed E-state index contributed by atoms with van der Waals surface area (Å²) in [5.74, 6) is -0.429. The Kier molecular flexibility index (Phi) is 4.97. The highest BCUT2D eigenvalue weighted by Crippen LogP contribution is 2.27. The van der Waals surface area contributed by atoms with E-state index >= 15 is 0 Å². The van der Waals surface area contributed by atoms with Crippen LogP contribution >= 0.6 is 0 Å². The van der Waals surface area contributed by atoms with Crippen LogP contribution in [0.25, 0.3) is 10.9 Å². The minimum atomic E-state index is -0.306.